The lowest BCUT2D eigenvalue weighted by Crippen LogP contribution is -2.03. The molecule has 1 heterocycles. The summed E-state index contributed by atoms with van der Waals surface area (Å²) in [6.07, 6.45) is 0. The lowest BCUT2D eigenvalue weighted by atomic mass is 10.3. The summed E-state index contributed by atoms with van der Waals surface area (Å²) in [7, 11) is 0. The zero-order valence-corrected chi connectivity index (χ0v) is 13.3. The first-order valence-corrected chi connectivity index (χ1v) is 7.27. The number of nitrogens with zero attached hydrogens (tertiary/aromatic N) is 1. The van der Waals surface area contributed by atoms with E-state index in [2.05, 4.69) is 31.5 Å². The van der Waals surface area contributed by atoms with E-state index in [9.17, 15) is 0 Å². The van der Waals surface area contributed by atoms with Crippen molar-refractivity contribution in [2.45, 2.75) is 6.92 Å². The molecule has 2 aromatic rings. The normalized spacial score (nSPS) is 10.3. The Hall–Kier alpha value is -0.970. The number of rotatable bonds is 4. The summed E-state index contributed by atoms with van der Waals surface area (Å²) in [5.41, 5.74) is 0.897. The Labute approximate surface area is 130 Å². The van der Waals surface area contributed by atoms with Crippen molar-refractivity contribution in [2.75, 3.05) is 17.2 Å². The van der Waals surface area contributed by atoms with Gasteiger partial charge in [-0.3, -0.25) is 0 Å². The van der Waals surface area contributed by atoms with Crippen molar-refractivity contribution in [2.24, 2.45) is 0 Å². The first-order valence-electron chi connectivity index (χ1n) is 5.72. The highest BCUT2D eigenvalue weighted by atomic mass is 79.9. The van der Waals surface area contributed by atoms with Crippen LogP contribution in [0, 0.1) is 0 Å². The molecular weight excluding hydrogens is 349 g/mol. The van der Waals surface area contributed by atoms with Crippen LogP contribution >= 0.6 is 39.1 Å². The van der Waals surface area contributed by atoms with Gasteiger partial charge in [0.25, 0.3) is 0 Å². The molecule has 0 spiro atoms. The third-order valence-corrected chi connectivity index (χ3v) is 3.43. The molecule has 0 amide bonds. The van der Waals surface area contributed by atoms with E-state index in [-0.39, 0.29) is 0 Å². The smallest absolute Gasteiger partial charge is 0.151 e. The minimum absolute atomic E-state index is 0.478. The Morgan fingerprint density at radius 2 is 1.89 bits per heavy atom. The number of hydrogen-bond acceptors (Lipinski definition) is 3. The average molecular weight is 361 g/mol. The number of aromatic nitrogens is 1. The molecule has 3 nitrogen and oxygen atoms in total. The third-order valence-electron chi connectivity index (χ3n) is 2.36. The second-order valence-electron chi connectivity index (χ2n) is 3.81. The number of pyridine rings is 1. The van der Waals surface area contributed by atoms with Crippen molar-refractivity contribution in [1.82, 2.24) is 4.98 Å². The highest BCUT2D eigenvalue weighted by molar-refractivity contribution is 9.10. The van der Waals surface area contributed by atoms with Gasteiger partial charge in [-0.2, -0.15) is 0 Å². The summed E-state index contributed by atoms with van der Waals surface area (Å²) < 4.78 is 0.981. The lowest BCUT2D eigenvalue weighted by Gasteiger charge is -2.11. The molecule has 0 unspecified atom stereocenters. The quantitative estimate of drug-likeness (QED) is 0.773. The fourth-order valence-corrected chi connectivity index (χ4v) is 2.42. The minimum atomic E-state index is 0.478. The van der Waals surface area contributed by atoms with Crippen molar-refractivity contribution >= 4 is 56.5 Å². The van der Waals surface area contributed by atoms with E-state index < -0.39 is 0 Å². The van der Waals surface area contributed by atoms with Gasteiger partial charge in [0.2, 0.25) is 0 Å². The van der Waals surface area contributed by atoms with Crippen LogP contribution in [0.3, 0.4) is 0 Å². The van der Waals surface area contributed by atoms with Crippen molar-refractivity contribution in [3.63, 3.8) is 0 Å². The molecule has 19 heavy (non-hydrogen) atoms. The molecule has 1 aromatic heterocycles. The van der Waals surface area contributed by atoms with Crippen molar-refractivity contribution in [3.8, 4) is 0 Å². The third kappa shape index (κ3) is 3.75. The first kappa shape index (κ1) is 14.4. The number of hydrogen-bond donors (Lipinski definition) is 2. The van der Waals surface area contributed by atoms with E-state index in [0.29, 0.717) is 21.7 Å². The molecule has 0 aliphatic rings. The molecule has 100 valence electrons. The summed E-state index contributed by atoms with van der Waals surface area (Å²) >= 11 is 15.6. The topological polar surface area (TPSA) is 37.0 Å². The lowest BCUT2D eigenvalue weighted by molar-refractivity contribution is 1.16. The van der Waals surface area contributed by atoms with E-state index in [1.165, 1.54) is 0 Å². The first-order chi connectivity index (χ1) is 9.10. The fraction of sp³-hybridized carbons (Fsp3) is 0.154. The van der Waals surface area contributed by atoms with E-state index >= 15 is 0 Å². The molecule has 1 aromatic carbocycles. The maximum atomic E-state index is 6.14. The summed E-state index contributed by atoms with van der Waals surface area (Å²) in [4.78, 5) is 4.39. The van der Waals surface area contributed by atoms with Gasteiger partial charge in [0.15, 0.2) is 5.82 Å². The SMILES string of the molecule is CCNc1nc(Nc2cccc(Br)c2)c(Cl)cc1Cl. The molecule has 6 heteroatoms. The highest BCUT2D eigenvalue weighted by Gasteiger charge is 2.09. The van der Waals surface area contributed by atoms with E-state index in [0.717, 1.165) is 16.7 Å². The maximum absolute atomic E-state index is 6.14. The Morgan fingerprint density at radius 3 is 2.58 bits per heavy atom. The van der Waals surface area contributed by atoms with E-state index in [1.54, 1.807) is 6.07 Å². The highest BCUT2D eigenvalue weighted by Crippen LogP contribution is 2.31. The zero-order chi connectivity index (χ0) is 13.8. The van der Waals surface area contributed by atoms with Crippen LogP contribution in [-0.4, -0.2) is 11.5 Å². The molecule has 0 saturated heterocycles. The standard InChI is InChI=1S/C13H12BrCl2N3/c1-2-17-12-10(15)7-11(16)13(19-12)18-9-5-3-4-8(14)6-9/h3-7H,2H2,1H3,(H2,17,18,19). The van der Waals surface area contributed by atoms with Crippen LogP contribution in [0.25, 0.3) is 0 Å². The summed E-state index contributed by atoms with van der Waals surface area (Å²) in [5.74, 6) is 1.19. The molecule has 0 aliphatic heterocycles. The van der Waals surface area contributed by atoms with Crippen molar-refractivity contribution < 1.29 is 0 Å². The molecule has 0 saturated carbocycles. The maximum Gasteiger partial charge on any atom is 0.151 e. The number of anilines is 3. The van der Waals surface area contributed by atoms with Crippen molar-refractivity contribution in [1.29, 1.82) is 0 Å². The molecular formula is C13H12BrCl2N3. The van der Waals surface area contributed by atoms with Crippen LogP contribution in [0.2, 0.25) is 10.0 Å². The van der Waals surface area contributed by atoms with Crippen LogP contribution < -0.4 is 10.6 Å². The number of halogens is 3. The Bertz CT molecular complexity index is 590. The van der Waals surface area contributed by atoms with Gasteiger partial charge < -0.3 is 10.6 Å². The summed E-state index contributed by atoms with van der Waals surface area (Å²) in [6.45, 7) is 2.72. The Balaban J connectivity index is 2.31. The molecule has 2 N–H and O–H groups in total. The predicted molar refractivity (Wildman–Crippen MR) is 85.8 cm³/mol. The van der Waals surface area contributed by atoms with Gasteiger partial charge in [-0.05, 0) is 31.2 Å². The number of nitrogens with one attached hydrogen (secondary N) is 2. The summed E-state index contributed by atoms with van der Waals surface area (Å²) in [6, 6.07) is 9.44. The molecule has 0 aliphatic carbocycles. The van der Waals surface area contributed by atoms with Crippen LogP contribution in [0.1, 0.15) is 6.92 Å². The van der Waals surface area contributed by atoms with Crippen LogP contribution in [0.4, 0.5) is 17.3 Å². The van der Waals surface area contributed by atoms with E-state index in [1.807, 2.05) is 31.2 Å². The van der Waals surface area contributed by atoms with Gasteiger partial charge in [-0.25, -0.2) is 4.98 Å². The van der Waals surface area contributed by atoms with Crippen LogP contribution in [-0.2, 0) is 0 Å². The van der Waals surface area contributed by atoms with Crippen molar-refractivity contribution in [3.05, 3.63) is 44.8 Å². The molecule has 0 radical (unpaired) electrons. The van der Waals surface area contributed by atoms with Gasteiger partial charge in [0, 0.05) is 16.7 Å². The average Bonchev–Trinajstić information content (AvgIpc) is 2.35. The van der Waals surface area contributed by atoms with Gasteiger partial charge in [-0.1, -0.05) is 45.2 Å². The Kier molecular flexibility index (Phi) is 4.91. The minimum Gasteiger partial charge on any atom is -0.369 e. The molecule has 0 bridgehead atoms. The zero-order valence-electron chi connectivity index (χ0n) is 10.2. The van der Waals surface area contributed by atoms with Crippen LogP contribution in [0.15, 0.2) is 34.8 Å². The van der Waals surface area contributed by atoms with Crippen LogP contribution in [0.5, 0.6) is 0 Å². The monoisotopic (exact) mass is 359 g/mol. The molecule has 2 rings (SSSR count). The van der Waals surface area contributed by atoms with Gasteiger partial charge >= 0.3 is 0 Å². The van der Waals surface area contributed by atoms with Gasteiger partial charge in [0.05, 0.1) is 10.0 Å². The molecule has 0 atom stereocenters. The summed E-state index contributed by atoms with van der Waals surface area (Å²) in [5, 5.41) is 7.24. The Morgan fingerprint density at radius 1 is 1.16 bits per heavy atom. The largest absolute Gasteiger partial charge is 0.369 e. The van der Waals surface area contributed by atoms with Gasteiger partial charge in [-0.15, -0.1) is 0 Å². The second kappa shape index (κ2) is 6.46. The predicted octanol–water partition coefficient (Wildman–Crippen LogP) is 5.33. The number of benzene rings is 1. The molecule has 0 fully saturated rings. The fourth-order valence-electron chi connectivity index (χ4n) is 1.55. The van der Waals surface area contributed by atoms with Gasteiger partial charge in [0.1, 0.15) is 5.82 Å². The van der Waals surface area contributed by atoms with E-state index in [4.69, 9.17) is 23.2 Å². The second-order valence-corrected chi connectivity index (χ2v) is 5.54.